The molecule has 1 unspecified atom stereocenters. The summed E-state index contributed by atoms with van der Waals surface area (Å²) >= 11 is 0. The van der Waals surface area contributed by atoms with E-state index in [0.29, 0.717) is 6.10 Å². The average Bonchev–Trinajstić information content (AvgIpc) is 2.58. The van der Waals surface area contributed by atoms with Crippen molar-refractivity contribution in [1.82, 2.24) is 9.80 Å². The smallest absolute Gasteiger partial charge is 0.130 e. The van der Waals surface area contributed by atoms with Gasteiger partial charge < -0.3 is 9.64 Å². The van der Waals surface area contributed by atoms with Gasteiger partial charge >= 0.3 is 0 Å². The van der Waals surface area contributed by atoms with Crippen LogP contribution in [-0.4, -0.2) is 68.1 Å². The standard InChI is InChI=1S/C19H31N3O/c1-5-17(23-6-2)15-21-11-13-22(14-12-21)19(20-4)18-10-8-7-9-16(18)3/h7-10,17H,5-6,11-15H2,1-4H3/b20-19+. The Bertz CT molecular complexity index is 507. The van der Waals surface area contributed by atoms with Crippen molar-refractivity contribution in [3.63, 3.8) is 0 Å². The maximum Gasteiger partial charge on any atom is 0.130 e. The topological polar surface area (TPSA) is 28.1 Å². The number of aliphatic imine (C=N–C) groups is 1. The number of ether oxygens (including phenoxy) is 1. The highest BCUT2D eigenvalue weighted by Gasteiger charge is 2.22. The molecule has 2 rings (SSSR count). The number of rotatable bonds is 6. The maximum absolute atomic E-state index is 5.80. The molecule has 23 heavy (non-hydrogen) atoms. The molecule has 1 aromatic carbocycles. The third-order valence-electron chi connectivity index (χ3n) is 4.59. The lowest BCUT2D eigenvalue weighted by molar-refractivity contribution is 0.0233. The van der Waals surface area contributed by atoms with Crippen LogP contribution in [0.1, 0.15) is 31.4 Å². The molecule has 1 fully saturated rings. The fraction of sp³-hybridized carbons (Fsp3) is 0.632. The Labute approximate surface area is 141 Å². The first-order chi connectivity index (χ1) is 11.2. The van der Waals surface area contributed by atoms with Gasteiger partial charge in [0, 0.05) is 51.9 Å². The highest BCUT2D eigenvalue weighted by atomic mass is 16.5. The Hall–Kier alpha value is -1.39. The molecule has 1 heterocycles. The number of nitrogens with zero attached hydrogens (tertiary/aromatic N) is 3. The van der Waals surface area contributed by atoms with Crippen LogP contribution in [0, 0.1) is 6.92 Å². The minimum Gasteiger partial charge on any atom is -0.377 e. The normalized spacial score (nSPS) is 18.3. The molecule has 0 amide bonds. The summed E-state index contributed by atoms with van der Waals surface area (Å²) in [6, 6.07) is 8.51. The number of piperazine rings is 1. The molecule has 0 N–H and O–H groups in total. The molecule has 0 radical (unpaired) electrons. The fourth-order valence-corrected chi connectivity index (χ4v) is 3.22. The largest absolute Gasteiger partial charge is 0.377 e. The molecular formula is C19H31N3O. The molecule has 0 saturated carbocycles. The SMILES string of the molecule is CCOC(CC)CN1CCN(/C(=N/C)c2ccccc2C)CC1. The molecule has 1 aliphatic heterocycles. The molecule has 1 aromatic rings. The third kappa shape index (κ3) is 4.79. The monoisotopic (exact) mass is 317 g/mol. The fourth-order valence-electron chi connectivity index (χ4n) is 3.22. The van der Waals surface area contributed by atoms with E-state index >= 15 is 0 Å². The van der Waals surface area contributed by atoms with E-state index in [4.69, 9.17) is 4.74 Å². The summed E-state index contributed by atoms with van der Waals surface area (Å²) < 4.78 is 5.80. The van der Waals surface area contributed by atoms with Gasteiger partial charge in [-0.3, -0.25) is 9.89 Å². The summed E-state index contributed by atoms with van der Waals surface area (Å²) in [5.74, 6) is 1.12. The third-order valence-corrected chi connectivity index (χ3v) is 4.59. The zero-order chi connectivity index (χ0) is 16.7. The van der Waals surface area contributed by atoms with Crippen LogP contribution in [0.25, 0.3) is 0 Å². The van der Waals surface area contributed by atoms with Crippen molar-refractivity contribution in [1.29, 1.82) is 0 Å². The average molecular weight is 317 g/mol. The zero-order valence-corrected chi connectivity index (χ0v) is 15.1. The molecular weight excluding hydrogens is 286 g/mol. The predicted octanol–water partition coefficient (Wildman–Crippen LogP) is 2.80. The minimum absolute atomic E-state index is 0.363. The molecule has 1 aliphatic rings. The summed E-state index contributed by atoms with van der Waals surface area (Å²) in [4.78, 5) is 9.51. The van der Waals surface area contributed by atoms with Gasteiger partial charge in [0.2, 0.25) is 0 Å². The molecule has 1 saturated heterocycles. The van der Waals surface area contributed by atoms with Crippen LogP contribution < -0.4 is 0 Å². The van der Waals surface area contributed by atoms with Gasteiger partial charge in [0.05, 0.1) is 6.10 Å². The van der Waals surface area contributed by atoms with Crippen LogP contribution in [0.15, 0.2) is 29.3 Å². The molecule has 0 bridgehead atoms. The van der Waals surface area contributed by atoms with E-state index in [1.54, 1.807) is 0 Å². The second kappa shape index (κ2) is 9.04. The summed E-state index contributed by atoms with van der Waals surface area (Å²) in [6.45, 7) is 12.5. The van der Waals surface area contributed by atoms with Crippen LogP contribution >= 0.6 is 0 Å². The van der Waals surface area contributed by atoms with Crippen LogP contribution in [0.5, 0.6) is 0 Å². The molecule has 4 nitrogen and oxygen atoms in total. The first-order valence-electron chi connectivity index (χ1n) is 8.81. The Morgan fingerprint density at radius 3 is 2.43 bits per heavy atom. The number of hydrogen-bond acceptors (Lipinski definition) is 3. The Kier molecular flexibility index (Phi) is 7.06. The second-order valence-electron chi connectivity index (χ2n) is 6.14. The van der Waals surface area contributed by atoms with Crippen molar-refractivity contribution in [3.05, 3.63) is 35.4 Å². The molecule has 128 valence electrons. The van der Waals surface area contributed by atoms with Gasteiger partial charge in [-0.15, -0.1) is 0 Å². The summed E-state index contributed by atoms with van der Waals surface area (Å²) in [5, 5.41) is 0. The van der Waals surface area contributed by atoms with Crippen molar-refractivity contribution < 1.29 is 4.74 Å². The first-order valence-corrected chi connectivity index (χ1v) is 8.81. The van der Waals surface area contributed by atoms with Gasteiger partial charge in [0.15, 0.2) is 0 Å². The molecule has 0 aromatic heterocycles. The van der Waals surface area contributed by atoms with Crippen LogP contribution in [0.2, 0.25) is 0 Å². The van der Waals surface area contributed by atoms with E-state index in [0.717, 1.165) is 51.6 Å². The minimum atomic E-state index is 0.363. The van der Waals surface area contributed by atoms with Gasteiger partial charge in [-0.05, 0) is 25.8 Å². The van der Waals surface area contributed by atoms with Gasteiger partial charge in [0.25, 0.3) is 0 Å². The Morgan fingerprint density at radius 2 is 1.87 bits per heavy atom. The van der Waals surface area contributed by atoms with Gasteiger partial charge in [0.1, 0.15) is 5.84 Å². The van der Waals surface area contributed by atoms with E-state index in [1.807, 2.05) is 7.05 Å². The zero-order valence-electron chi connectivity index (χ0n) is 15.1. The van der Waals surface area contributed by atoms with Crippen LogP contribution in [-0.2, 0) is 4.74 Å². The highest BCUT2D eigenvalue weighted by Crippen LogP contribution is 2.14. The summed E-state index contributed by atoms with van der Waals surface area (Å²) in [5.41, 5.74) is 2.54. The quantitative estimate of drug-likeness (QED) is 0.596. The Balaban J connectivity index is 1.94. The number of benzene rings is 1. The molecule has 0 aliphatic carbocycles. The predicted molar refractivity (Wildman–Crippen MR) is 97.4 cm³/mol. The Morgan fingerprint density at radius 1 is 1.17 bits per heavy atom. The lowest BCUT2D eigenvalue weighted by Gasteiger charge is -2.38. The van der Waals surface area contributed by atoms with Gasteiger partial charge in [-0.1, -0.05) is 31.2 Å². The van der Waals surface area contributed by atoms with Crippen molar-refractivity contribution in [2.45, 2.75) is 33.3 Å². The van der Waals surface area contributed by atoms with E-state index in [2.05, 4.69) is 59.8 Å². The molecule has 1 atom stereocenters. The van der Waals surface area contributed by atoms with Crippen molar-refractivity contribution in [3.8, 4) is 0 Å². The van der Waals surface area contributed by atoms with Gasteiger partial charge in [-0.25, -0.2) is 0 Å². The maximum atomic E-state index is 5.80. The van der Waals surface area contributed by atoms with E-state index in [1.165, 1.54) is 11.1 Å². The van der Waals surface area contributed by atoms with Gasteiger partial charge in [-0.2, -0.15) is 0 Å². The van der Waals surface area contributed by atoms with Crippen LogP contribution in [0.4, 0.5) is 0 Å². The highest BCUT2D eigenvalue weighted by molar-refractivity contribution is 6.00. The number of aryl methyl sites for hydroxylation is 1. The summed E-state index contributed by atoms with van der Waals surface area (Å²) in [6.07, 6.45) is 1.45. The second-order valence-corrected chi connectivity index (χ2v) is 6.14. The van der Waals surface area contributed by atoms with E-state index < -0.39 is 0 Å². The molecule has 0 spiro atoms. The number of amidine groups is 1. The lowest BCUT2D eigenvalue weighted by atomic mass is 10.1. The van der Waals surface area contributed by atoms with Crippen molar-refractivity contribution in [2.75, 3.05) is 46.4 Å². The summed E-state index contributed by atoms with van der Waals surface area (Å²) in [7, 11) is 1.90. The number of hydrogen-bond donors (Lipinski definition) is 0. The van der Waals surface area contributed by atoms with E-state index in [-0.39, 0.29) is 0 Å². The van der Waals surface area contributed by atoms with Crippen molar-refractivity contribution >= 4 is 5.84 Å². The molecule has 4 heteroatoms. The first kappa shape index (κ1) is 18.0. The lowest BCUT2D eigenvalue weighted by Crippen LogP contribution is -2.50. The van der Waals surface area contributed by atoms with E-state index in [9.17, 15) is 0 Å². The van der Waals surface area contributed by atoms with Crippen molar-refractivity contribution in [2.24, 2.45) is 4.99 Å². The van der Waals surface area contributed by atoms with Crippen LogP contribution in [0.3, 0.4) is 0 Å².